The van der Waals surface area contributed by atoms with Gasteiger partial charge in [0.1, 0.15) is 12.4 Å². The van der Waals surface area contributed by atoms with Crippen molar-refractivity contribution in [1.29, 1.82) is 0 Å². The number of ether oxygens (including phenoxy) is 1. The minimum absolute atomic E-state index is 0.236. The highest BCUT2D eigenvalue weighted by Crippen LogP contribution is 2.28. The van der Waals surface area contributed by atoms with E-state index in [9.17, 15) is 18.0 Å². The molecule has 0 unspecified atom stereocenters. The first-order valence-corrected chi connectivity index (χ1v) is 8.23. The number of halogens is 4. The van der Waals surface area contributed by atoms with E-state index in [1.807, 2.05) is 6.92 Å². The van der Waals surface area contributed by atoms with E-state index in [4.69, 9.17) is 16.3 Å². The third kappa shape index (κ3) is 3.70. The highest BCUT2D eigenvalue weighted by molar-refractivity contribution is 6.31. The molecule has 0 aliphatic rings. The van der Waals surface area contributed by atoms with Crippen LogP contribution in [-0.2, 0) is 6.54 Å². The molecule has 3 nitrogen and oxygen atoms in total. The van der Waals surface area contributed by atoms with E-state index >= 15 is 0 Å². The summed E-state index contributed by atoms with van der Waals surface area (Å²) in [7, 11) is 0. The van der Waals surface area contributed by atoms with Crippen LogP contribution in [0.25, 0.3) is 10.9 Å². The van der Waals surface area contributed by atoms with Gasteiger partial charge in [-0.3, -0.25) is 4.79 Å². The molecule has 0 saturated carbocycles. The second kappa shape index (κ2) is 7.03. The van der Waals surface area contributed by atoms with Crippen LogP contribution in [-0.4, -0.2) is 23.1 Å². The molecule has 0 spiro atoms. The molecule has 0 aliphatic heterocycles. The molecule has 136 valence electrons. The van der Waals surface area contributed by atoms with Gasteiger partial charge in [-0.1, -0.05) is 29.8 Å². The van der Waals surface area contributed by atoms with Crippen LogP contribution in [0.15, 0.2) is 48.7 Å². The standard InChI is InChI=1S/C19H15ClF3NO2/c1-12-10-13(6-7-16(12)20)26-9-8-24-11-15(18(25)19(21,22)23)14-4-2-3-5-17(14)24/h2-7,10-11H,8-9H2,1H3. The smallest absolute Gasteiger partial charge is 0.454 e. The zero-order valence-corrected chi connectivity index (χ0v) is 14.6. The molecule has 0 radical (unpaired) electrons. The number of benzene rings is 2. The molecule has 1 aromatic heterocycles. The summed E-state index contributed by atoms with van der Waals surface area (Å²) in [6.07, 6.45) is -3.68. The van der Waals surface area contributed by atoms with Gasteiger partial charge in [0.15, 0.2) is 0 Å². The Morgan fingerprint density at radius 2 is 1.92 bits per heavy atom. The van der Waals surface area contributed by atoms with Gasteiger partial charge in [-0.25, -0.2) is 0 Å². The van der Waals surface area contributed by atoms with Gasteiger partial charge < -0.3 is 9.30 Å². The second-order valence-electron chi connectivity index (χ2n) is 5.84. The minimum Gasteiger partial charge on any atom is -0.492 e. The lowest BCUT2D eigenvalue weighted by Gasteiger charge is -2.09. The largest absolute Gasteiger partial charge is 0.492 e. The highest BCUT2D eigenvalue weighted by atomic mass is 35.5. The predicted molar refractivity (Wildman–Crippen MR) is 94.0 cm³/mol. The normalized spacial score (nSPS) is 11.7. The van der Waals surface area contributed by atoms with Crippen molar-refractivity contribution in [3.8, 4) is 5.75 Å². The maximum atomic E-state index is 12.8. The number of nitrogens with zero attached hydrogens (tertiary/aromatic N) is 1. The fraction of sp³-hybridized carbons (Fsp3) is 0.211. The topological polar surface area (TPSA) is 31.2 Å². The van der Waals surface area contributed by atoms with Gasteiger partial charge in [0.05, 0.1) is 12.1 Å². The van der Waals surface area contributed by atoms with Crippen LogP contribution in [0.5, 0.6) is 5.75 Å². The Balaban J connectivity index is 1.82. The van der Waals surface area contributed by atoms with Crippen molar-refractivity contribution in [2.75, 3.05) is 6.61 Å². The van der Waals surface area contributed by atoms with Crippen molar-refractivity contribution in [2.24, 2.45) is 0 Å². The second-order valence-corrected chi connectivity index (χ2v) is 6.25. The van der Waals surface area contributed by atoms with Gasteiger partial charge in [-0.05, 0) is 36.8 Å². The average Bonchev–Trinajstić information content (AvgIpc) is 2.95. The van der Waals surface area contributed by atoms with Crippen molar-refractivity contribution in [3.63, 3.8) is 0 Å². The maximum Gasteiger partial charge on any atom is 0.454 e. The zero-order valence-electron chi connectivity index (χ0n) is 13.8. The molecule has 0 atom stereocenters. The fourth-order valence-corrected chi connectivity index (χ4v) is 2.85. The van der Waals surface area contributed by atoms with E-state index in [-0.39, 0.29) is 17.6 Å². The molecule has 0 amide bonds. The van der Waals surface area contributed by atoms with E-state index in [2.05, 4.69) is 0 Å². The number of para-hydroxylation sites is 1. The summed E-state index contributed by atoms with van der Waals surface area (Å²) in [6.45, 7) is 2.39. The van der Waals surface area contributed by atoms with Crippen molar-refractivity contribution in [1.82, 2.24) is 4.57 Å². The Labute approximate surface area is 152 Å². The third-order valence-corrected chi connectivity index (χ3v) is 4.45. The van der Waals surface area contributed by atoms with Crippen LogP contribution in [0.3, 0.4) is 0 Å². The lowest BCUT2D eigenvalue weighted by Crippen LogP contribution is -2.22. The van der Waals surface area contributed by atoms with Crippen LogP contribution in [0.4, 0.5) is 13.2 Å². The van der Waals surface area contributed by atoms with E-state index < -0.39 is 12.0 Å². The van der Waals surface area contributed by atoms with Crippen molar-refractivity contribution in [2.45, 2.75) is 19.6 Å². The molecule has 2 aromatic carbocycles. The molecule has 0 bridgehead atoms. The summed E-state index contributed by atoms with van der Waals surface area (Å²) in [4.78, 5) is 11.7. The van der Waals surface area contributed by atoms with Crippen LogP contribution in [0, 0.1) is 6.92 Å². The summed E-state index contributed by atoms with van der Waals surface area (Å²) >= 11 is 5.96. The summed E-state index contributed by atoms with van der Waals surface area (Å²) in [5, 5.41) is 0.904. The molecule has 0 saturated heterocycles. The number of Topliss-reactive ketones (excluding diaryl/α,β-unsaturated/α-hetero) is 1. The lowest BCUT2D eigenvalue weighted by molar-refractivity contribution is -0.0884. The van der Waals surface area contributed by atoms with Crippen LogP contribution < -0.4 is 4.74 Å². The monoisotopic (exact) mass is 381 g/mol. The SMILES string of the molecule is Cc1cc(OCCn2cc(C(=O)C(F)(F)F)c3ccccc32)ccc1Cl. The number of ketones is 1. The fourth-order valence-electron chi connectivity index (χ4n) is 2.73. The number of fused-ring (bicyclic) bond motifs is 1. The predicted octanol–water partition coefficient (Wildman–Crippen LogP) is 5.43. The third-order valence-electron chi connectivity index (χ3n) is 4.02. The van der Waals surface area contributed by atoms with Gasteiger partial charge in [-0.2, -0.15) is 13.2 Å². The summed E-state index contributed by atoms with van der Waals surface area (Å²) in [5.74, 6) is -1.23. The molecule has 0 fully saturated rings. The first kappa shape index (κ1) is 18.3. The first-order valence-electron chi connectivity index (χ1n) is 7.85. The Morgan fingerprint density at radius 1 is 1.19 bits per heavy atom. The number of aryl methyl sites for hydroxylation is 1. The number of aromatic nitrogens is 1. The van der Waals surface area contributed by atoms with Gasteiger partial charge >= 0.3 is 6.18 Å². The molecular weight excluding hydrogens is 367 g/mol. The summed E-state index contributed by atoms with van der Waals surface area (Å²) in [6, 6.07) is 11.7. The van der Waals surface area contributed by atoms with Crippen molar-refractivity contribution >= 4 is 28.3 Å². The van der Waals surface area contributed by atoms with E-state index in [1.54, 1.807) is 41.0 Å². The number of rotatable bonds is 5. The molecule has 3 rings (SSSR count). The van der Waals surface area contributed by atoms with Crippen LogP contribution >= 0.6 is 11.6 Å². The Bertz CT molecular complexity index is 963. The number of hydrogen-bond acceptors (Lipinski definition) is 2. The summed E-state index contributed by atoms with van der Waals surface area (Å²) in [5.41, 5.74) is 1.07. The van der Waals surface area contributed by atoms with Gasteiger partial charge in [0.25, 0.3) is 5.78 Å². The first-order chi connectivity index (χ1) is 12.3. The lowest BCUT2D eigenvalue weighted by atomic mass is 10.1. The molecule has 7 heteroatoms. The molecule has 1 heterocycles. The number of alkyl halides is 3. The van der Waals surface area contributed by atoms with Crippen molar-refractivity contribution < 1.29 is 22.7 Å². The minimum atomic E-state index is -4.91. The molecule has 26 heavy (non-hydrogen) atoms. The van der Waals surface area contributed by atoms with Gasteiger partial charge in [0.2, 0.25) is 0 Å². The molecule has 3 aromatic rings. The van der Waals surface area contributed by atoms with Crippen LogP contribution in [0.2, 0.25) is 5.02 Å². The van der Waals surface area contributed by atoms with Crippen LogP contribution in [0.1, 0.15) is 15.9 Å². The van der Waals surface area contributed by atoms with Gasteiger partial charge in [0, 0.05) is 22.1 Å². The van der Waals surface area contributed by atoms with E-state index in [1.165, 1.54) is 12.3 Å². The number of carbonyl (C=O) groups is 1. The van der Waals surface area contributed by atoms with Crippen molar-refractivity contribution in [3.05, 3.63) is 64.8 Å². The Kier molecular flexibility index (Phi) is 4.96. The molecule has 0 aliphatic carbocycles. The quantitative estimate of drug-likeness (QED) is 0.552. The molecular formula is C19H15ClF3NO2. The zero-order chi connectivity index (χ0) is 18.9. The number of carbonyl (C=O) groups excluding carboxylic acids is 1. The van der Waals surface area contributed by atoms with Gasteiger partial charge in [-0.15, -0.1) is 0 Å². The Hall–Kier alpha value is -2.47. The van der Waals surface area contributed by atoms with E-state index in [0.717, 1.165) is 5.56 Å². The Morgan fingerprint density at radius 3 is 2.62 bits per heavy atom. The summed E-state index contributed by atoms with van der Waals surface area (Å²) < 4.78 is 45.7. The molecule has 0 N–H and O–H groups in total. The maximum absolute atomic E-state index is 12.8. The van der Waals surface area contributed by atoms with E-state index in [0.29, 0.717) is 22.8 Å². The number of hydrogen-bond donors (Lipinski definition) is 0. The highest BCUT2D eigenvalue weighted by Gasteiger charge is 2.40. The average molecular weight is 382 g/mol.